The van der Waals surface area contributed by atoms with Gasteiger partial charge in [0.15, 0.2) is 0 Å². The van der Waals surface area contributed by atoms with Gasteiger partial charge in [-0.2, -0.15) is 0 Å². The molecule has 1 aromatic carbocycles. The minimum atomic E-state index is 0.0829. The normalized spacial score (nSPS) is 23.2. The number of fused-ring (bicyclic) bond motifs is 2. The maximum Gasteiger partial charge on any atom is 0.270 e. The van der Waals surface area contributed by atoms with Gasteiger partial charge in [0, 0.05) is 24.2 Å². The van der Waals surface area contributed by atoms with Gasteiger partial charge in [-0.15, -0.1) is 0 Å². The molecular formula is C24H33N3O2. The van der Waals surface area contributed by atoms with E-state index in [1.54, 1.807) is 7.11 Å². The zero-order valence-corrected chi connectivity index (χ0v) is 18.1. The second-order valence-electron chi connectivity index (χ2n) is 8.48. The van der Waals surface area contributed by atoms with E-state index in [1.165, 1.54) is 16.8 Å². The van der Waals surface area contributed by atoms with E-state index in [0.717, 1.165) is 62.4 Å². The van der Waals surface area contributed by atoms with Crippen LogP contribution in [0.5, 0.6) is 5.75 Å². The van der Waals surface area contributed by atoms with Gasteiger partial charge in [-0.05, 0) is 87.9 Å². The van der Waals surface area contributed by atoms with Crippen LogP contribution in [0.4, 0.5) is 0 Å². The van der Waals surface area contributed by atoms with Crippen LogP contribution in [0, 0.1) is 12.8 Å². The number of nitrogens with one attached hydrogen (secondary N) is 2. The molecule has 5 heteroatoms. The summed E-state index contributed by atoms with van der Waals surface area (Å²) in [5, 5.41) is 3.61. The maximum atomic E-state index is 13.1. The smallest absolute Gasteiger partial charge is 0.270 e. The molecule has 2 heterocycles. The fourth-order valence-electron chi connectivity index (χ4n) is 5.47. The van der Waals surface area contributed by atoms with Crippen LogP contribution < -0.4 is 10.1 Å². The van der Waals surface area contributed by atoms with Crippen LogP contribution in [0.2, 0.25) is 0 Å². The number of amides is 1. The largest absolute Gasteiger partial charge is 0.497 e. The zero-order chi connectivity index (χ0) is 20.6. The van der Waals surface area contributed by atoms with Gasteiger partial charge >= 0.3 is 0 Å². The summed E-state index contributed by atoms with van der Waals surface area (Å²) in [6.45, 7) is 9.70. The van der Waals surface area contributed by atoms with Crippen molar-refractivity contribution in [3.63, 3.8) is 0 Å². The quantitative estimate of drug-likeness (QED) is 0.815. The standard InChI is InChI=1S/C24H33N3O2/c1-5-27(6-2)23(28)22-16(3)20-13-18-15-25-11-10-24(18,14-21(20)26-22)17-8-7-9-19(12-17)29-4/h7-9,12,18,25-26H,5-6,10-11,13-15H2,1-4H3/t18-,24+/m1/s1. The van der Waals surface area contributed by atoms with Gasteiger partial charge in [0.1, 0.15) is 11.4 Å². The van der Waals surface area contributed by atoms with E-state index in [0.29, 0.717) is 5.92 Å². The molecule has 0 spiro atoms. The average molecular weight is 396 g/mol. The first-order valence-electron chi connectivity index (χ1n) is 10.9. The molecule has 0 radical (unpaired) electrons. The lowest BCUT2D eigenvalue weighted by molar-refractivity contribution is 0.0767. The fourth-order valence-corrected chi connectivity index (χ4v) is 5.47. The summed E-state index contributed by atoms with van der Waals surface area (Å²) in [5.74, 6) is 1.56. The third-order valence-corrected chi connectivity index (χ3v) is 7.24. The third kappa shape index (κ3) is 3.25. The van der Waals surface area contributed by atoms with E-state index in [-0.39, 0.29) is 11.3 Å². The lowest BCUT2D eigenvalue weighted by Crippen LogP contribution is -2.52. The highest BCUT2D eigenvalue weighted by molar-refractivity contribution is 5.94. The second kappa shape index (κ2) is 7.86. The lowest BCUT2D eigenvalue weighted by Gasteiger charge is -2.48. The number of carbonyl (C=O) groups excluding carboxylic acids is 1. The first-order valence-corrected chi connectivity index (χ1v) is 10.9. The summed E-state index contributed by atoms with van der Waals surface area (Å²) in [6.07, 6.45) is 3.06. The Balaban J connectivity index is 1.76. The van der Waals surface area contributed by atoms with Crippen LogP contribution >= 0.6 is 0 Å². The molecular weight excluding hydrogens is 362 g/mol. The highest BCUT2D eigenvalue weighted by Crippen LogP contribution is 2.47. The summed E-state index contributed by atoms with van der Waals surface area (Å²) in [6, 6.07) is 8.58. The molecule has 1 saturated heterocycles. The number of piperidine rings is 1. The number of hydrogen-bond donors (Lipinski definition) is 2. The molecule has 29 heavy (non-hydrogen) atoms. The van der Waals surface area contributed by atoms with Crippen LogP contribution in [-0.2, 0) is 18.3 Å². The van der Waals surface area contributed by atoms with Gasteiger partial charge in [0.25, 0.3) is 5.91 Å². The van der Waals surface area contributed by atoms with Crippen molar-refractivity contribution in [2.24, 2.45) is 5.92 Å². The number of ether oxygens (including phenoxy) is 1. The van der Waals surface area contributed by atoms with Gasteiger partial charge in [0.05, 0.1) is 7.11 Å². The Hall–Kier alpha value is -2.27. The zero-order valence-electron chi connectivity index (χ0n) is 18.1. The predicted molar refractivity (Wildman–Crippen MR) is 116 cm³/mol. The van der Waals surface area contributed by atoms with Gasteiger partial charge in [-0.25, -0.2) is 0 Å². The van der Waals surface area contributed by atoms with Crippen molar-refractivity contribution in [2.45, 2.75) is 45.4 Å². The predicted octanol–water partition coefficient (Wildman–Crippen LogP) is 3.46. The number of rotatable bonds is 5. The Bertz CT molecular complexity index is 900. The van der Waals surface area contributed by atoms with Crippen LogP contribution in [0.25, 0.3) is 0 Å². The Labute approximate surface area is 173 Å². The number of H-pyrrole nitrogens is 1. The molecule has 4 rings (SSSR count). The highest BCUT2D eigenvalue weighted by Gasteiger charge is 2.47. The van der Waals surface area contributed by atoms with Crippen molar-refractivity contribution in [1.29, 1.82) is 0 Å². The first kappa shape index (κ1) is 20.0. The van der Waals surface area contributed by atoms with Crippen molar-refractivity contribution < 1.29 is 9.53 Å². The highest BCUT2D eigenvalue weighted by atomic mass is 16.5. The van der Waals surface area contributed by atoms with E-state index >= 15 is 0 Å². The van der Waals surface area contributed by atoms with Crippen LogP contribution in [0.15, 0.2) is 24.3 Å². The lowest BCUT2D eigenvalue weighted by atomic mass is 9.59. The van der Waals surface area contributed by atoms with Crippen molar-refractivity contribution in [3.8, 4) is 5.75 Å². The number of carbonyl (C=O) groups is 1. The Morgan fingerprint density at radius 2 is 2.10 bits per heavy atom. The molecule has 1 amide bonds. The monoisotopic (exact) mass is 395 g/mol. The van der Waals surface area contributed by atoms with E-state index in [4.69, 9.17) is 4.74 Å². The summed E-state index contributed by atoms with van der Waals surface area (Å²) >= 11 is 0. The van der Waals surface area contributed by atoms with E-state index in [2.05, 4.69) is 35.4 Å². The summed E-state index contributed by atoms with van der Waals surface area (Å²) in [5.41, 5.74) is 5.97. The molecule has 2 atom stereocenters. The Morgan fingerprint density at radius 3 is 2.83 bits per heavy atom. The van der Waals surface area contributed by atoms with Gasteiger partial charge in [-0.3, -0.25) is 4.79 Å². The summed E-state index contributed by atoms with van der Waals surface area (Å²) in [4.78, 5) is 18.5. The number of hydrogen-bond acceptors (Lipinski definition) is 3. The van der Waals surface area contributed by atoms with Crippen LogP contribution in [-0.4, -0.2) is 49.1 Å². The van der Waals surface area contributed by atoms with Gasteiger partial charge in [-0.1, -0.05) is 12.1 Å². The second-order valence-corrected chi connectivity index (χ2v) is 8.48. The summed E-state index contributed by atoms with van der Waals surface area (Å²) in [7, 11) is 1.73. The molecule has 156 valence electrons. The molecule has 1 aliphatic heterocycles. The Morgan fingerprint density at radius 1 is 1.31 bits per heavy atom. The molecule has 2 N–H and O–H groups in total. The average Bonchev–Trinajstić information content (AvgIpc) is 3.08. The molecule has 2 aliphatic rings. The van der Waals surface area contributed by atoms with E-state index in [9.17, 15) is 4.79 Å². The van der Waals surface area contributed by atoms with E-state index < -0.39 is 0 Å². The van der Waals surface area contributed by atoms with Crippen LogP contribution in [0.1, 0.15) is 53.1 Å². The van der Waals surface area contributed by atoms with Crippen molar-refractivity contribution in [1.82, 2.24) is 15.2 Å². The molecule has 0 bridgehead atoms. The minimum Gasteiger partial charge on any atom is -0.497 e. The topological polar surface area (TPSA) is 57.4 Å². The van der Waals surface area contributed by atoms with Gasteiger partial charge < -0.3 is 19.9 Å². The minimum absolute atomic E-state index is 0.0829. The fraction of sp³-hybridized carbons (Fsp3) is 0.542. The SMILES string of the molecule is CCN(CC)C(=O)c1[nH]c2c(c1C)C[C@@H]1CNCC[C@@]1(c1cccc(OC)c1)C2. The third-order valence-electron chi connectivity index (χ3n) is 7.24. The molecule has 0 saturated carbocycles. The van der Waals surface area contributed by atoms with Crippen molar-refractivity contribution in [2.75, 3.05) is 33.3 Å². The summed E-state index contributed by atoms with van der Waals surface area (Å²) < 4.78 is 5.52. The van der Waals surface area contributed by atoms with E-state index in [1.807, 2.05) is 24.8 Å². The van der Waals surface area contributed by atoms with Crippen molar-refractivity contribution >= 4 is 5.91 Å². The molecule has 1 aliphatic carbocycles. The van der Waals surface area contributed by atoms with Crippen LogP contribution in [0.3, 0.4) is 0 Å². The number of nitrogens with zero attached hydrogens (tertiary/aromatic N) is 1. The number of benzene rings is 1. The van der Waals surface area contributed by atoms with Gasteiger partial charge in [0.2, 0.25) is 0 Å². The molecule has 0 unspecified atom stereocenters. The first-order chi connectivity index (χ1) is 14.0. The molecule has 1 aromatic heterocycles. The molecule has 5 nitrogen and oxygen atoms in total. The molecule has 2 aromatic rings. The molecule has 1 fully saturated rings. The van der Waals surface area contributed by atoms with Crippen molar-refractivity contribution in [3.05, 3.63) is 52.3 Å². The number of aromatic nitrogens is 1. The number of methoxy groups -OCH3 is 1. The number of aromatic amines is 1. The Kier molecular flexibility index (Phi) is 5.43. The maximum absolute atomic E-state index is 13.1.